The van der Waals surface area contributed by atoms with Crippen LogP contribution in [-0.2, 0) is 0 Å². The van der Waals surface area contributed by atoms with Gasteiger partial charge in [0, 0.05) is 6.04 Å². The smallest absolute Gasteiger partial charge is 0.00926 e. The van der Waals surface area contributed by atoms with Gasteiger partial charge in [0.2, 0.25) is 0 Å². The zero-order chi connectivity index (χ0) is 12.0. The van der Waals surface area contributed by atoms with Crippen LogP contribution in [0.5, 0.6) is 0 Å². The van der Waals surface area contributed by atoms with Crippen molar-refractivity contribution in [3.8, 4) is 0 Å². The van der Waals surface area contributed by atoms with Gasteiger partial charge in [0.25, 0.3) is 0 Å². The lowest BCUT2D eigenvalue weighted by atomic mass is 9.84. The summed E-state index contributed by atoms with van der Waals surface area (Å²) in [6.45, 7) is 10.7. The van der Waals surface area contributed by atoms with Crippen LogP contribution in [0.2, 0.25) is 0 Å². The van der Waals surface area contributed by atoms with Crippen LogP contribution in [0, 0.1) is 11.3 Å². The molecule has 2 unspecified atom stereocenters. The predicted octanol–water partition coefficient (Wildman–Crippen LogP) is 4.37. The molecule has 0 heterocycles. The summed E-state index contributed by atoms with van der Waals surface area (Å²) >= 11 is 0. The molecule has 1 aliphatic carbocycles. The lowest BCUT2D eigenvalue weighted by molar-refractivity contribution is 0.282. The molecule has 0 saturated heterocycles. The standard InChI is InChI=1S/C15H31N/c1-5-12-16-14(6-2)13-8-7-10-15(3,4)11-9-13/h13-14,16H,5-12H2,1-4H3. The Hall–Kier alpha value is -0.0400. The third-order valence-corrected chi connectivity index (χ3v) is 4.29. The summed E-state index contributed by atoms with van der Waals surface area (Å²) in [7, 11) is 0. The highest BCUT2D eigenvalue weighted by Gasteiger charge is 2.27. The monoisotopic (exact) mass is 225 g/mol. The molecular weight excluding hydrogens is 194 g/mol. The van der Waals surface area contributed by atoms with Crippen molar-refractivity contribution in [1.29, 1.82) is 0 Å². The lowest BCUT2D eigenvalue weighted by Crippen LogP contribution is -2.36. The Balaban J connectivity index is 2.44. The normalized spacial score (nSPS) is 27.4. The van der Waals surface area contributed by atoms with Crippen molar-refractivity contribution in [2.45, 2.75) is 78.7 Å². The second-order valence-electron chi connectivity index (χ2n) is 6.32. The molecule has 96 valence electrons. The maximum Gasteiger partial charge on any atom is 0.00926 e. The molecule has 0 spiro atoms. The lowest BCUT2D eigenvalue weighted by Gasteiger charge is -2.27. The zero-order valence-electron chi connectivity index (χ0n) is 11.8. The summed E-state index contributed by atoms with van der Waals surface area (Å²) in [5, 5.41) is 3.74. The quantitative estimate of drug-likeness (QED) is 0.685. The van der Waals surface area contributed by atoms with Crippen LogP contribution < -0.4 is 5.32 Å². The van der Waals surface area contributed by atoms with E-state index in [2.05, 4.69) is 33.0 Å². The molecule has 1 heteroatoms. The first kappa shape index (κ1) is 14.0. The van der Waals surface area contributed by atoms with Crippen LogP contribution in [0.3, 0.4) is 0 Å². The topological polar surface area (TPSA) is 12.0 Å². The van der Waals surface area contributed by atoms with Gasteiger partial charge in [-0.3, -0.25) is 0 Å². The first-order valence-corrected chi connectivity index (χ1v) is 7.32. The van der Waals surface area contributed by atoms with Gasteiger partial charge in [-0.2, -0.15) is 0 Å². The van der Waals surface area contributed by atoms with E-state index in [4.69, 9.17) is 0 Å². The Kier molecular flexibility index (Phi) is 5.82. The van der Waals surface area contributed by atoms with Crippen molar-refractivity contribution in [2.75, 3.05) is 6.54 Å². The summed E-state index contributed by atoms with van der Waals surface area (Å²) < 4.78 is 0. The summed E-state index contributed by atoms with van der Waals surface area (Å²) in [4.78, 5) is 0. The maximum absolute atomic E-state index is 3.74. The van der Waals surface area contributed by atoms with Crippen LogP contribution in [0.15, 0.2) is 0 Å². The summed E-state index contributed by atoms with van der Waals surface area (Å²) in [5.74, 6) is 0.929. The fourth-order valence-electron chi connectivity index (χ4n) is 3.06. The van der Waals surface area contributed by atoms with Gasteiger partial charge in [-0.25, -0.2) is 0 Å². The molecule has 0 aromatic rings. The second kappa shape index (κ2) is 6.64. The van der Waals surface area contributed by atoms with Crippen molar-refractivity contribution in [3.63, 3.8) is 0 Å². The van der Waals surface area contributed by atoms with Crippen LogP contribution in [0.1, 0.15) is 72.6 Å². The van der Waals surface area contributed by atoms with E-state index in [1.165, 1.54) is 51.5 Å². The molecule has 0 amide bonds. The maximum atomic E-state index is 3.74. The molecule has 1 N–H and O–H groups in total. The fraction of sp³-hybridized carbons (Fsp3) is 1.00. The Morgan fingerprint density at radius 2 is 1.94 bits per heavy atom. The summed E-state index contributed by atoms with van der Waals surface area (Å²) in [5.41, 5.74) is 0.595. The summed E-state index contributed by atoms with van der Waals surface area (Å²) in [6.07, 6.45) is 9.71. The van der Waals surface area contributed by atoms with Gasteiger partial charge in [-0.1, -0.05) is 34.1 Å². The van der Waals surface area contributed by atoms with Gasteiger partial charge < -0.3 is 5.32 Å². The van der Waals surface area contributed by atoms with Gasteiger partial charge in [0.1, 0.15) is 0 Å². The van der Waals surface area contributed by atoms with E-state index in [0.29, 0.717) is 5.41 Å². The molecule has 1 nitrogen and oxygen atoms in total. The molecule has 1 fully saturated rings. The van der Waals surface area contributed by atoms with Gasteiger partial charge in [0.05, 0.1) is 0 Å². The molecule has 0 aliphatic heterocycles. The van der Waals surface area contributed by atoms with E-state index in [0.717, 1.165) is 12.0 Å². The first-order valence-electron chi connectivity index (χ1n) is 7.32. The first-order chi connectivity index (χ1) is 7.59. The minimum absolute atomic E-state index is 0.595. The molecule has 2 atom stereocenters. The van der Waals surface area contributed by atoms with Crippen molar-refractivity contribution < 1.29 is 0 Å². The van der Waals surface area contributed by atoms with E-state index in [-0.39, 0.29) is 0 Å². The second-order valence-corrected chi connectivity index (χ2v) is 6.32. The van der Waals surface area contributed by atoms with Gasteiger partial charge in [-0.05, 0) is 56.4 Å². The molecule has 0 bridgehead atoms. The van der Waals surface area contributed by atoms with Crippen molar-refractivity contribution in [2.24, 2.45) is 11.3 Å². The molecule has 0 radical (unpaired) electrons. The van der Waals surface area contributed by atoms with Crippen LogP contribution in [0.4, 0.5) is 0 Å². The number of rotatable bonds is 5. The third-order valence-electron chi connectivity index (χ3n) is 4.29. The number of hydrogen-bond donors (Lipinski definition) is 1. The van der Waals surface area contributed by atoms with E-state index < -0.39 is 0 Å². The Morgan fingerprint density at radius 3 is 2.56 bits per heavy atom. The van der Waals surface area contributed by atoms with Gasteiger partial charge >= 0.3 is 0 Å². The predicted molar refractivity (Wildman–Crippen MR) is 72.7 cm³/mol. The van der Waals surface area contributed by atoms with Crippen LogP contribution in [-0.4, -0.2) is 12.6 Å². The van der Waals surface area contributed by atoms with Crippen LogP contribution >= 0.6 is 0 Å². The minimum Gasteiger partial charge on any atom is -0.314 e. The van der Waals surface area contributed by atoms with Crippen molar-refractivity contribution in [3.05, 3.63) is 0 Å². The zero-order valence-corrected chi connectivity index (χ0v) is 11.8. The Bertz CT molecular complexity index is 186. The Labute approximate surface area is 102 Å². The van der Waals surface area contributed by atoms with Gasteiger partial charge in [0.15, 0.2) is 0 Å². The highest BCUT2D eigenvalue weighted by Crippen LogP contribution is 2.37. The molecule has 0 aromatic carbocycles. The molecule has 16 heavy (non-hydrogen) atoms. The molecule has 1 aliphatic rings. The van der Waals surface area contributed by atoms with Gasteiger partial charge in [-0.15, -0.1) is 0 Å². The summed E-state index contributed by atoms with van der Waals surface area (Å²) in [6, 6.07) is 0.772. The Morgan fingerprint density at radius 1 is 1.19 bits per heavy atom. The number of nitrogens with one attached hydrogen (secondary N) is 1. The van der Waals surface area contributed by atoms with E-state index in [9.17, 15) is 0 Å². The van der Waals surface area contributed by atoms with E-state index in [1.807, 2.05) is 0 Å². The molecular formula is C15H31N. The highest BCUT2D eigenvalue weighted by molar-refractivity contribution is 4.82. The highest BCUT2D eigenvalue weighted by atomic mass is 14.9. The minimum atomic E-state index is 0.595. The largest absolute Gasteiger partial charge is 0.314 e. The molecule has 1 saturated carbocycles. The SMILES string of the molecule is CCCNC(CC)C1CCCC(C)(C)CC1. The fourth-order valence-corrected chi connectivity index (χ4v) is 3.06. The molecule has 0 aromatic heterocycles. The van der Waals surface area contributed by atoms with Crippen LogP contribution in [0.25, 0.3) is 0 Å². The number of hydrogen-bond acceptors (Lipinski definition) is 1. The van der Waals surface area contributed by atoms with Crippen molar-refractivity contribution >= 4 is 0 Å². The molecule has 1 rings (SSSR count). The van der Waals surface area contributed by atoms with E-state index >= 15 is 0 Å². The van der Waals surface area contributed by atoms with Crippen molar-refractivity contribution in [1.82, 2.24) is 5.32 Å². The van der Waals surface area contributed by atoms with E-state index in [1.54, 1.807) is 0 Å². The third kappa shape index (κ3) is 4.45. The average molecular weight is 225 g/mol. The average Bonchev–Trinajstić information content (AvgIpc) is 2.41.